The van der Waals surface area contributed by atoms with Gasteiger partial charge >= 0.3 is 0 Å². The Morgan fingerprint density at radius 3 is 2.45 bits per heavy atom. The second kappa shape index (κ2) is 7.58. The van der Waals surface area contributed by atoms with Crippen LogP contribution in [-0.2, 0) is 6.54 Å². The zero-order valence-corrected chi connectivity index (χ0v) is 13.9. The lowest BCUT2D eigenvalue weighted by Crippen LogP contribution is -2.34. The summed E-state index contributed by atoms with van der Waals surface area (Å²) in [6.07, 6.45) is 5.35. The molecule has 1 aromatic rings. The van der Waals surface area contributed by atoms with Gasteiger partial charge in [-0.3, -0.25) is 4.90 Å². The third-order valence-corrected chi connectivity index (χ3v) is 5.34. The molecule has 0 amide bonds. The predicted octanol–water partition coefficient (Wildman–Crippen LogP) is 2.70. The van der Waals surface area contributed by atoms with Crippen LogP contribution in [0.2, 0.25) is 0 Å². The highest BCUT2D eigenvalue weighted by atomic mass is 16.3. The first kappa shape index (κ1) is 16.0. The Labute approximate surface area is 134 Å². The normalized spacial score (nSPS) is 25.6. The zero-order valence-electron chi connectivity index (χ0n) is 13.9. The highest BCUT2D eigenvalue weighted by Crippen LogP contribution is 2.41. The van der Waals surface area contributed by atoms with Gasteiger partial charge < -0.3 is 10.0 Å². The van der Waals surface area contributed by atoms with Crippen LogP contribution in [0.5, 0.6) is 0 Å². The lowest BCUT2D eigenvalue weighted by atomic mass is 9.71. The minimum atomic E-state index is 0.269. The number of rotatable bonds is 7. The Kier molecular flexibility index (Phi) is 5.51. The van der Waals surface area contributed by atoms with Crippen molar-refractivity contribution in [1.82, 2.24) is 9.80 Å². The van der Waals surface area contributed by atoms with Crippen LogP contribution in [0.3, 0.4) is 0 Å². The molecule has 1 aliphatic carbocycles. The third-order valence-electron chi connectivity index (χ3n) is 5.34. The van der Waals surface area contributed by atoms with Gasteiger partial charge in [-0.25, -0.2) is 0 Å². The second-order valence-corrected chi connectivity index (χ2v) is 7.25. The molecule has 2 fully saturated rings. The number of hydrogen-bond acceptors (Lipinski definition) is 3. The van der Waals surface area contributed by atoms with Crippen LogP contribution in [0.25, 0.3) is 0 Å². The van der Waals surface area contributed by atoms with E-state index in [-0.39, 0.29) is 6.61 Å². The largest absolute Gasteiger partial charge is 0.395 e. The van der Waals surface area contributed by atoms with Crippen molar-refractivity contribution < 1.29 is 5.11 Å². The molecule has 0 aromatic heterocycles. The van der Waals surface area contributed by atoms with Crippen molar-refractivity contribution in [3.63, 3.8) is 0 Å². The summed E-state index contributed by atoms with van der Waals surface area (Å²) in [6.45, 7) is 5.86. The van der Waals surface area contributed by atoms with E-state index in [4.69, 9.17) is 5.11 Å². The van der Waals surface area contributed by atoms with Crippen molar-refractivity contribution in [2.45, 2.75) is 38.1 Å². The highest BCUT2D eigenvalue weighted by molar-refractivity contribution is 5.27. The van der Waals surface area contributed by atoms with Crippen LogP contribution in [0.4, 0.5) is 0 Å². The molecule has 122 valence electrons. The van der Waals surface area contributed by atoms with Crippen molar-refractivity contribution in [2.75, 3.05) is 39.8 Å². The highest BCUT2D eigenvalue weighted by Gasteiger charge is 2.30. The zero-order chi connectivity index (χ0) is 15.4. The fraction of sp³-hybridized carbons (Fsp3) is 0.684. The molecular formula is C19H30N2O. The van der Waals surface area contributed by atoms with Crippen molar-refractivity contribution in [3.05, 3.63) is 35.4 Å². The molecule has 0 radical (unpaired) electrons. The maximum Gasteiger partial charge on any atom is 0.0558 e. The summed E-state index contributed by atoms with van der Waals surface area (Å²) in [7, 11) is 2.11. The number of likely N-dealkylation sites (tertiary alicyclic amines) is 1. The number of benzene rings is 1. The fourth-order valence-electron chi connectivity index (χ4n) is 3.95. The summed E-state index contributed by atoms with van der Waals surface area (Å²) < 4.78 is 0. The summed E-state index contributed by atoms with van der Waals surface area (Å²) in [5, 5.41) is 8.95. The summed E-state index contributed by atoms with van der Waals surface area (Å²) in [4.78, 5) is 4.81. The van der Waals surface area contributed by atoms with E-state index in [9.17, 15) is 0 Å². The van der Waals surface area contributed by atoms with E-state index in [2.05, 4.69) is 41.1 Å². The van der Waals surface area contributed by atoms with E-state index in [1.165, 1.54) is 49.9 Å². The first-order chi connectivity index (χ1) is 10.7. The van der Waals surface area contributed by atoms with Crippen LogP contribution in [0.1, 0.15) is 42.7 Å². The van der Waals surface area contributed by atoms with E-state index in [1.54, 1.807) is 0 Å². The van der Waals surface area contributed by atoms with Crippen LogP contribution < -0.4 is 0 Å². The first-order valence-corrected chi connectivity index (χ1v) is 8.85. The standard InChI is InChI=1S/C19H30N2O/c1-20(10-11-22)14-17-12-19(13-17)18-6-4-16(5-7-18)15-21-8-2-3-9-21/h4-7,17,19,22H,2-3,8-15H2,1H3. The van der Waals surface area contributed by atoms with Gasteiger partial charge in [-0.05, 0) is 68.8 Å². The van der Waals surface area contributed by atoms with Crippen LogP contribution in [0, 0.1) is 5.92 Å². The predicted molar refractivity (Wildman–Crippen MR) is 91.0 cm³/mol. The molecule has 1 N–H and O–H groups in total. The van der Waals surface area contributed by atoms with Gasteiger partial charge in [0.25, 0.3) is 0 Å². The van der Waals surface area contributed by atoms with Crippen molar-refractivity contribution >= 4 is 0 Å². The lowest BCUT2D eigenvalue weighted by molar-refractivity contribution is 0.155. The molecule has 1 saturated carbocycles. The molecule has 0 bridgehead atoms. The second-order valence-electron chi connectivity index (χ2n) is 7.25. The van der Waals surface area contributed by atoms with Gasteiger partial charge in [0.1, 0.15) is 0 Å². The van der Waals surface area contributed by atoms with E-state index in [0.717, 1.165) is 31.5 Å². The van der Waals surface area contributed by atoms with E-state index >= 15 is 0 Å². The number of nitrogens with zero attached hydrogens (tertiary/aromatic N) is 2. The minimum Gasteiger partial charge on any atom is -0.395 e. The Hall–Kier alpha value is -0.900. The maximum atomic E-state index is 8.95. The number of aliphatic hydroxyl groups excluding tert-OH is 1. The molecule has 3 heteroatoms. The summed E-state index contributed by atoms with van der Waals surface area (Å²) in [5.74, 6) is 1.57. The monoisotopic (exact) mass is 302 g/mol. The Morgan fingerprint density at radius 1 is 1.14 bits per heavy atom. The maximum absolute atomic E-state index is 8.95. The average molecular weight is 302 g/mol. The van der Waals surface area contributed by atoms with Crippen molar-refractivity contribution in [2.24, 2.45) is 5.92 Å². The molecule has 1 saturated heterocycles. The molecule has 1 aromatic carbocycles. The van der Waals surface area contributed by atoms with Gasteiger partial charge in [0, 0.05) is 19.6 Å². The molecule has 3 nitrogen and oxygen atoms in total. The summed E-state index contributed by atoms with van der Waals surface area (Å²) in [5.41, 5.74) is 2.98. The van der Waals surface area contributed by atoms with Crippen LogP contribution in [0.15, 0.2) is 24.3 Å². The van der Waals surface area contributed by atoms with Crippen molar-refractivity contribution in [1.29, 1.82) is 0 Å². The molecule has 1 aliphatic heterocycles. The molecule has 2 aliphatic rings. The summed E-state index contributed by atoms with van der Waals surface area (Å²) in [6, 6.07) is 9.37. The van der Waals surface area contributed by atoms with E-state index in [1.807, 2.05) is 0 Å². The van der Waals surface area contributed by atoms with Gasteiger partial charge in [0.05, 0.1) is 6.61 Å². The Bertz CT molecular complexity index is 447. The topological polar surface area (TPSA) is 26.7 Å². The first-order valence-electron chi connectivity index (χ1n) is 8.85. The molecule has 0 unspecified atom stereocenters. The number of hydrogen-bond donors (Lipinski definition) is 1. The fourth-order valence-corrected chi connectivity index (χ4v) is 3.95. The van der Waals surface area contributed by atoms with Crippen LogP contribution in [-0.4, -0.2) is 54.7 Å². The van der Waals surface area contributed by atoms with E-state index in [0.29, 0.717) is 0 Å². The average Bonchev–Trinajstić information content (AvgIpc) is 2.97. The smallest absolute Gasteiger partial charge is 0.0558 e. The molecule has 0 atom stereocenters. The molecule has 3 rings (SSSR count). The number of aliphatic hydroxyl groups is 1. The van der Waals surface area contributed by atoms with Gasteiger partial charge in [-0.1, -0.05) is 24.3 Å². The quantitative estimate of drug-likeness (QED) is 0.839. The van der Waals surface area contributed by atoms with E-state index < -0.39 is 0 Å². The lowest BCUT2D eigenvalue weighted by Gasteiger charge is -2.38. The Morgan fingerprint density at radius 2 is 1.82 bits per heavy atom. The van der Waals surface area contributed by atoms with Gasteiger partial charge in [0.15, 0.2) is 0 Å². The number of likely N-dealkylation sites (N-methyl/N-ethyl adjacent to an activating group) is 1. The van der Waals surface area contributed by atoms with Gasteiger partial charge in [-0.2, -0.15) is 0 Å². The molecule has 1 heterocycles. The minimum absolute atomic E-state index is 0.269. The molecular weight excluding hydrogens is 272 g/mol. The van der Waals surface area contributed by atoms with Crippen molar-refractivity contribution in [3.8, 4) is 0 Å². The summed E-state index contributed by atoms with van der Waals surface area (Å²) >= 11 is 0. The van der Waals surface area contributed by atoms with Gasteiger partial charge in [-0.15, -0.1) is 0 Å². The van der Waals surface area contributed by atoms with Crippen LogP contribution >= 0.6 is 0 Å². The van der Waals surface area contributed by atoms with Gasteiger partial charge in [0.2, 0.25) is 0 Å². The molecule has 22 heavy (non-hydrogen) atoms. The third kappa shape index (κ3) is 4.09. The SMILES string of the molecule is CN(CCO)CC1CC(c2ccc(CN3CCCC3)cc2)C1. The Balaban J connectivity index is 1.44. The molecule has 0 spiro atoms.